The Morgan fingerprint density at radius 1 is 1.17 bits per heavy atom. The van der Waals surface area contributed by atoms with Crippen LogP contribution in [0.25, 0.3) is 10.9 Å². The van der Waals surface area contributed by atoms with E-state index in [1.54, 1.807) is 0 Å². The van der Waals surface area contributed by atoms with E-state index in [0.29, 0.717) is 11.6 Å². The molecule has 1 aliphatic rings. The molecule has 0 amide bonds. The second kappa shape index (κ2) is 8.70. The molecule has 152 valence electrons. The van der Waals surface area contributed by atoms with Crippen molar-refractivity contribution in [1.29, 1.82) is 0 Å². The molecule has 0 saturated carbocycles. The van der Waals surface area contributed by atoms with Gasteiger partial charge in [0.1, 0.15) is 18.5 Å². The van der Waals surface area contributed by atoms with Gasteiger partial charge < -0.3 is 19.8 Å². The van der Waals surface area contributed by atoms with Crippen LogP contribution in [0.2, 0.25) is 0 Å². The number of carbonyl (C=O) groups is 1. The van der Waals surface area contributed by atoms with E-state index >= 15 is 0 Å². The van der Waals surface area contributed by atoms with Crippen LogP contribution in [0.3, 0.4) is 0 Å². The maximum Gasteiger partial charge on any atom is 0.340 e. The van der Waals surface area contributed by atoms with Gasteiger partial charge in [0.25, 0.3) is 0 Å². The van der Waals surface area contributed by atoms with Gasteiger partial charge in [-0.15, -0.1) is 0 Å². The maximum atomic E-state index is 12.8. The third-order valence-corrected chi connectivity index (χ3v) is 5.61. The molecule has 2 aromatic carbocycles. The number of piperidine rings is 1. The van der Waals surface area contributed by atoms with Crippen LogP contribution in [0.5, 0.6) is 5.75 Å². The summed E-state index contributed by atoms with van der Waals surface area (Å²) in [7, 11) is 0. The summed E-state index contributed by atoms with van der Waals surface area (Å²) < 4.78 is 11.8. The average Bonchev–Trinajstić information content (AvgIpc) is 3.08. The summed E-state index contributed by atoms with van der Waals surface area (Å²) in [5.74, 6) is 0.449. The van der Waals surface area contributed by atoms with Crippen LogP contribution < -0.4 is 10.1 Å². The molecule has 1 saturated heterocycles. The molecule has 2 heterocycles. The Morgan fingerprint density at radius 2 is 2.00 bits per heavy atom. The lowest BCUT2D eigenvalue weighted by molar-refractivity contribution is 0.0474. The number of fused-ring (bicyclic) bond motifs is 1. The molecule has 0 spiro atoms. The number of aromatic amines is 1. The van der Waals surface area contributed by atoms with Gasteiger partial charge in [-0.1, -0.05) is 36.8 Å². The molecule has 0 aliphatic carbocycles. The third kappa shape index (κ3) is 4.46. The van der Waals surface area contributed by atoms with Gasteiger partial charge in [0.15, 0.2) is 0 Å². The number of ether oxygens (including phenoxy) is 2. The summed E-state index contributed by atoms with van der Waals surface area (Å²) in [6.07, 6.45) is 3.66. The first-order valence-electron chi connectivity index (χ1n) is 10.4. The van der Waals surface area contributed by atoms with Crippen molar-refractivity contribution in [3.63, 3.8) is 0 Å². The van der Waals surface area contributed by atoms with Crippen molar-refractivity contribution in [3.8, 4) is 5.75 Å². The summed E-state index contributed by atoms with van der Waals surface area (Å²) in [5.41, 5.74) is 3.25. The highest BCUT2D eigenvalue weighted by molar-refractivity contribution is 6.05. The number of nitrogens with one attached hydrogen (secondary N) is 2. The van der Waals surface area contributed by atoms with E-state index in [0.717, 1.165) is 40.9 Å². The zero-order valence-corrected chi connectivity index (χ0v) is 17.0. The number of aryl methyl sites for hydroxylation is 1. The molecule has 1 fully saturated rings. The first-order chi connectivity index (χ1) is 14.1. The van der Waals surface area contributed by atoms with Crippen molar-refractivity contribution < 1.29 is 14.3 Å². The number of aromatic nitrogens is 1. The Morgan fingerprint density at radius 3 is 2.76 bits per heavy atom. The zero-order valence-electron chi connectivity index (χ0n) is 17.0. The highest BCUT2D eigenvalue weighted by Gasteiger charge is 2.22. The number of H-pyrrole nitrogens is 1. The van der Waals surface area contributed by atoms with Gasteiger partial charge >= 0.3 is 5.97 Å². The number of rotatable bonds is 6. The molecule has 5 nitrogen and oxygen atoms in total. The quantitative estimate of drug-likeness (QED) is 0.595. The molecule has 1 aliphatic heterocycles. The van der Waals surface area contributed by atoms with E-state index in [2.05, 4.69) is 17.2 Å². The van der Waals surface area contributed by atoms with Gasteiger partial charge in [-0.05, 0) is 57.0 Å². The van der Waals surface area contributed by atoms with Crippen LogP contribution >= 0.6 is 0 Å². The van der Waals surface area contributed by atoms with Crippen molar-refractivity contribution in [2.24, 2.45) is 0 Å². The third-order valence-electron chi connectivity index (χ3n) is 5.61. The molecule has 0 radical (unpaired) electrons. The second-order valence-corrected chi connectivity index (χ2v) is 7.77. The number of carbonyl (C=O) groups excluding carboxylic acids is 1. The number of hydrogen-bond acceptors (Lipinski definition) is 4. The maximum absolute atomic E-state index is 12.8. The number of hydrogen-bond donors (Lipinski definition) is 2. The van der Waals surface area contributed by atoms with Gasteiger partial charge in [-0.2, -0.15) is 0 Å². The lowest BCUT2D eigenvalue weighted by atomic mass is 10.0. The van der Waals surface area contributed by atoms with E-state index in [1.807, 2.05) is 55.5 Å². The average molecular weight is 392 g/mol. The second-order valence-electron chi connectivity index (χ2n) is 7.77. The minimum absolute atomic E-state index is 0.0706. The van der Waals surface area contributed by atoms with E-state index < -0.39 is 0 Å². The fourth-order valence-corrected chi connectivity index (χ4v) is 4.01. The van der Waals surface area contributed by atoms with Gasteiger partial charge in [0.2, 0.25) is 0 Å². The molecular weight excluding hydrogens is 364 g/mol. The largest absolute Gasteiger partial charge is 0.489 e. The molecule has 29 heavy (non-hydrogen) atoms. The normalized spacial score (nSPS) is 17.8. The van der Waals surface area contributed by atoms with Crippen molar-refractivity contribution in [1.82, 2.24) is 10.3 Å². The lowest BCUT2D eigenvalue weighted by Gasteiger charge is -2.29. The Bertz CT molecular complexity index is 974. The van der Waals surface area contributed by atoms with E-state index in [4.69, 9.17) is 9.47 Å². The fourth-order valence-electron chi connectivity index (χ4n) is 4.01. The summed E-state index contributed by atoms with van der Waals surface area (Å²) in [4.78, 5) is 16.1. The van der Waals surface area contributed by atoms with Crippen molar-refractivity contribution in [2.45, 2.75) is 51.9 Å². The fraction of sp³-hybridized carbons (Fsp3) is 0.375. The van der Waals surface area contributed by atoms with Crippen molar-refractivity contribution in [2.75, 3.05) is 6.54 Å². The molecule has 1 aromatic heterocycles. The predicted molar refractivity (Wildman–Crippen MR) is 114 cm³/mol. The van der Waals surface area contributed by atoms with Crippen molar-refractivity contribution >= 4 is 16.9 Å². The van der Waals surface area contributed by atoms with E-state index in [9.17, 15) is 4.79 Å². The molecule has 3 aromatic rings. The van der Waals surface area contributed by atoms with Gasteiger partial charge in [-0.3, -0.25) is 0 Å². The minimum Gasteiger partial charge on any atom is -0.489 e. The monoisotopic (exact) mass is 392 g/mol. The van der Waals surface area contributed by atoms with Crippen LogP contribution in [0, 0.1) is 6.92 Å². The summed E-state index contributed by atoms with van der Waals surface area (Å²) in [6.45, 7) is 5.30. The first kappa shape index (κ1) is 19.5. The molecule has 2 unspecified atom stereocenters. The van der Waals surface area contributed by atoms with Crippen LogP contribution in [-0.4, -0.2) is 29.6 Å². The molecule has 5 heteroatoms. The van der Waals surface area contributed by atoms with Gasteiger partial charge in [-0.25, -0.2) is 4.79 Å². The molecular formula is C24H28N2O3. The van der Waals surface area contributed by atoms with Crippen LogP contribution in [0.1, 0.15) is 47.8 Å². The minimum atomic E-state index is -0.322. The summed E-state index contributed by atoms with van der Waals surface area (Å²) in [6, 6.07) is 15.9. The highest BCUT2D eigenvalue weighted by Crippen LogP contribution is 2.28. The number of esters is 1. The standard InChI is InChI=1S/C24H28N2O3/c1-16-23(24(27)28-15-18-8-4-3-5-9-18)20-14-19(11-12-22(20)26-16)29-17(2)21-10-6-7-13-25-21/h3-5,8-9,11-12,14,17,21,25-26H,6-7,10,13,15H2,1-2H3. The SMILES string of the molecule is Cc1[nH]c2ccc(OC(C)C3CCCCN3)cc2c1C(=O)OCc1ccccc1. The zero-order chi connectivity index (χ0) is 20.2. The van der Waals surface area contributed by atoms with Crippen LogP contribution in [-0.2, 0) is 11.3 Å². The van der Waals surface area contributed by atoms with Crippen molar-refractivity contribution in [3.05, 3.63) is 65.4 Å². The molecule has 2 N–H and O–H groups in total. The Kier molecular flexibility index (Phi) is 5.86. The predicted octanol–water partition coefficient (Wildman–Crippen LogP) is 4.74. The van der Waals surface area contributed by atoms with E-state index in [1.165, 1.54) is 12.8 Å². The first-order valence-corrected chi connectivity index (χ1v) is 10.4. The van der Waals surface area contributed by atoms with Crippen LogP contribution in [0.4, 0.5) is 0 Å². The smallest absolute Gasteiger partial charge is 0.340 e. The summed E-state index contributed by atoms with van der Waals surface area (Å²) >= 11 is 0. The van der Waals surface area contributed by atoms with Gasteiger partial charge in [0, 0.05) is 22.6 Å². The van der Waals surface area contributed by atoms with E-state index in [-0.39, 0.29) is 18.7 Å². The summed E-state index contributed by atoms with van der Waals surface area (Å²) in [5, 5.41) is 4.37. The van der Waals surface area contributed by atoms with Crippen LogP contribution in [0.15, 0.2) is 48.5 Å². The molecule has 4 rings (SSSR count). The Balaban J connectivity index is 1.52. The molecule has 0 bridgehead atoms. The number of benzene rings is 2. The Labute approximate surface area is 171 Å². The highest BCUT2D eigenvalue weighted by atomic mass is 16.5. The lowest BCUT2D eigenvalue weighted by Crippen LogP contribution is -2.44. The molecule has 2 atom stereocenters. The van der Waals surface area contributed by atoms with Gasteiger partial charge in [0.05, 0.1) is 5.56 Å². The topological polar surface area (TPSA) is 63.3 Å². The Hall–Kier alpha value is -2.79.